The monoisotopic (exact) mass is 538 g/mol. The van der Waals surface area contributed by atoms with Gasteiger partial charge in [-0.3, -0.25) is 9.59 Å². The van der Waals surface area contributed by atoms with E-state index >= 15 is 0 Å². The van der Waals surface area contributed by atoms with E-state index in [4.69, 9.17) is 9.47 Å². The van der Waals surface area contributed by atoms with Gasteiger partial charge in [-0.15, -0.1) is 0 Å². The van der Waals surface area contributed by atoms with Gasteiger partial charge >= 0.3 is 11.9 Å². The van der Waals surface area contributed by atoms with E-state index in [0.717, 1.165) is 44.9 Å². The van der Waals surface area contributed by atoms with Gasteiger partial charge in [0.2, 0.25) is 0 Å². The molecule has 5 heteroatoms. The zero-order valence-electron chi connectivity index (χ0n) is 25.2. The quantitative estimate of drug-likeness (QED) is 0.0583. The molecule has 0 radical (unpaired) electrons. The van der Waals surface area contributed by atoms with Gasteiger partial charge in [-0.1, -0.05) is 129 Å². The molecule has 38 heavy (non-hydrogen) atoms. The van der Waals surface area contributed by atoms with Crippen molar-refractivity contribution in [2.24, 2.45) is 0 Å². The van der Waals surface area contributed by atoms with Crippen LogP contribution in [0.5, 0.6) is 0 Å². The maximum Gasteiger partial charge on any atom is 0.306 e. The molecule has 0 aliphatic carbocycles. The Morgan fingerprint density at radius 3 is 1.42 bits per heavy atom. The number of rotatable bonds is 29. The number of carbonyl (C=O) groups excluding carboxylic acids is 2. The molecule has 0 amide bonds. The third-order valence-electron chi connectivity index (χ3n) is 7.06. The van der Waals surface area contributed by atoms with Crippen LogP contribution in [-0.2, 0) is 19.1 Å². The van der Waals surface area contributed by atoms with Gasteiger partial charge in [-0.25, -0.2) is 0 Å². The molecule has 0 fully saturated rings. The average Bonchev–Trinajstić information content (AvgIpc) is 2.92. The molecule has 5 nitrogen and oxygen atoms in total. The first-order valence-electron chi connectivity index (χ1n) is 16.2. The van der Waals surface area contributed by atoms with Gasteiger partial charge in [0.1, 0.15) is 6.61 Å². The fraction of sp³-hybridized carbons (Fsp3) is 0.879. The number of hydrogen-bond donors (Lipinski definition) is 1. The van der Waals surface area contributed by atoms with Crippen LogP contribution in [0.4, 0.5) is 0 Å². The van der Waals surface area contributed by atoms with Crippen molar-refractivity contribution in [3.05, 3.63) is 12.2 Å². The minimum atomic E-state index is -0.765. The van der Waals surface area contributed by atoms with Crippen molar-refractivity contribution in [2.45, 2.75) is 174 Å². The highest BCUT2D eigenvalue weighted by atomic mass is 16.6. The van der Waals surface area contributed by atoms with E-state index in [-0.39, 0.29) is 25.2 Å². The van der Waals surface area contributed by atoms with Crippen LogP contribution in [0, 0.1) is 0 Å². The van der Waals surface area contributed by atoms with Crippen LogP contribution in [0.1, 0.15) is 168 Å². The van der Waals surface area contributed by atoms with Crippen molar-refractivity contribution < 1.29 is 24.2 Å². The summed E-state index contributed by atoms with van der Waals surface area (Å²) >= 11 is 0. The van der Waals surface area contributed by atoms with Gasteiger partial charge in [-0.05, 0) is 38.5 Å². The van der Waals surface area contributed by atoms with Crippen LogP contribution in [0.15, 0.2) is 12.2 Å². The number of allylic oxidation sites excluding steroid dienone is 2. The third kappa shape index (κ3) is 27.7. The van der Waals surface area contributed by atoms with Crippen molar-refractivity contribution in [1.82, 2.24) is 0 Å². The van der Waals surface area contributed by atoms with Crippen molar-refractivity contribution in [3.63, 3.8) is 0 Å². The largest absolute Gasteiger partial charge is 0.462 e. The minimum absolute atomic E-state index is 0.0656. The van der Waals surface area contributed by atoms with Gasteiger partial charge in [-0.2, -0.15) is 0 Å². The zero-order chi connectivity index (χ0) is 27.9. The Kier molecular flexibility index (Phi) is 29.1. The summed E-state index contributed by atoms with van der Waals surface area (Å²) in [6, 6.07) is 0. The normalized spacial score (nSPS) is 12.2. The van der Waals surface area contributed by atoms with Gasteiger partial charge < -0.3 is 14.6 Å². The summed E-state index contributed by atoms with van der Waals surface area (Å²) in [4.78, 5) is 24.0. The molecule has 0 rings (SSSR count). The molecule has 0 aliphatic rings. The minimum Gasteiger partial charge on any atom is -0.462 e. The molecule has 0 heterocycles. The summed E-state index contributed by atoms with van der Waals surface area (Å²) in [5.74, 6) is -0.601. The van der Waals surface area contributed by atoms with Crippen molar-refractivity contribution in [3.8, 4) is 0 Å². The Morgan fingerprint density at radius 1 is 0.579 bits per heavy atom. The molecule has 0 aromatic heterocycles. The molecule has 1 unspecified atom stereocenters. The topological polar surface area (TPSA) is 72.8 Å². The molecule has 0 aromatic carbocycles. The predicted molar refractivity (Wildman–Crippen MR) is 159 cm³/mol. The van der Waals surface area contributed by atoms with Gasteiger partial charge in [0.25, 0.3) is 0 Å². The first-order valence-corrected chi connectivity index (χ1v) is 16.2. The highest BCUT2D eigenvalue weighted by Gasteiger charge is 2.16. The second kappa shape index (κ2) is 30.2. The predicted octanol–water partition coefficient (Wildman–Crippen LogP) is 9.39. The van der Waals surface area contributed by atoms with E-state index < -0.39 is 6.10 Å². The molecule has 224 valence electrons. The van der Waals surface area contributed by atoms with Crippen molar-refractivity contribution in [2.75, 3.05) is 13.2 Å². The lowest BCUT2D eigenvalue weighted by Crippen LogP contribution is -2.28. The van der Waals surface area contributed by atoms with E-state index in [2.05, 4.69) is 26.0 Å². The highest BCUT2D eigenvalue weighted by molar-refractivity contribution is 5.70. The maximum absolute atomic E-state index is 12.0. The Balaban J connectivity index is 3.57. The van der Waals surface area contributed by atoms with E-state index in [0.29, 0.717) is 12.8 Å². The molecular formula is C33H62O5. The number of aliphatic hydroxyl groups is 1. The van der Waals surface area contributed by atoms with Crippen molar-refractivity contribution in [1.29, 1.82) is 0 Å². The molecule has 0 spiro atoms. The van der Waals surface area contributed by atoms with Crippen LogP contribution in [0.2, 0.25) is 0 Å². The fourth-order valence-corrected chi connectivity index (χ4v) is 4.55. The summed E-state index contributed by atoms with van der Waals surface area (Å²) in [6.07, 6.45) is 31.2. The molecule has 0 saturated carbocycles. The number of hydrogen-bond acceptors (Lipinski definition) is 5. The van der Waals surface area contributed by atoms with Crippen LogP contribution < -0.4 is 0 Å². The zero-order valence-corrected chi connectivity index (χ0v) is 25.2. The number of aliphatic hydroxyl groups excluding tert-OH is 1. The smallest absolute Gasteiger partial charge is 0.306 e. The standard InChI is InChI=1S/C33H62O5/c1-3-5-7-9-11-13-14-15-16-17-18-20-21-23-25-27-32(35)37-30-31(29-34)38-33(36)28-26-24-22-19-12-10-8-6-4-2/h15-16,31,34H,3-14,17-30H2,1-2H3. The Labute approximate surface area is 235 Å². The van der Waals surface area contributed by atoms with Crippen LogP contribution in [0.25, 0.3) is 0 Å². The lowest BCUT2D eigenvalue weighted by molar-refractivity contribution is -0.161. The SMILES string of the molecule is CCCCCCCCC=CCCCCCCCC(=O)OCC(CO)OC(=O)CCCCCCCCCCC. The summed E-state index contributed by atoms with van der Waals surface area (Å²) in [5, 5.41) is 9.46. The third-order valence-corrected chi connectivity index (χ3v) is 7.06. The molecule has 1 N–H and O–H groups in total. The fourth-order valence-electron chi connectivity index (χ4n) is 4.55. The lowest BCUT2D eigenvalue weighted by atomic mass is 10.1. The molecule has 0 aliphatic heterocycles. The second-order valence-electron chi connectivity index (χ2n) is 10.9. The van der Waals surface area contributed by atoms with Gasteiger partial charge in [0.05, 0.1) is 6.61 Å². The summed E-state index contributed by atoms with van der Waals surface area (Å²) in [6.45, 7) is 4.09. The van der Waals surface area contributed by atoms with Crippen LogP contribution in [-0.4, -0.2) is 36.4 Å². The second-order valence-corrected chi connectivity index (χ2v) is 10.9. The molecule has 0 saturated heterocycles. The molecular weight excluding hydrogens is 476 g/mol. The summed E-state index contributed by atoms with van der Waals surface area (Å²) in [7, 11) is 0. The number of unbranched alkanes of at least 4 members (excludes halogenated alkanes) is 19. The Bertz CT molecular complexity index is 546. The van der Waals surface area contributed by atoms with Crippen LogP contribution in [0.3, 0.4) is 0 Å². The number of esters is 2. The van der Waals surface area contributed by atoms with E-state index in [1.165, 1.54) is 96.3 Å². The van der Waals surface area contributed by atoms with E-state index in [1.54, 1.807) is 0 Å². The first-order chi connectivity index (χ1) is 18.6. The van der Waals surface area contributed by atoms with Crippen LogP contribution >= 0.6 is 0 Å². The Morgan fingerprint density at radius 2 is 0.974 bits per heavy atom. The Hall–Kier alpha value is -1.36. The summed E-state index contributed by atoms with van der Waals surface area (Å²) < 4.78 is 10.5. The highest BCUT2D eigenvalue weighted by Crippen LogP contribution is 2.12. The van der Waals surface area contributed by atoms with Crippen molar-refractivity contribution >= 4 is 11.9 Å². The average molecular weight is 539 g/mol. The van der Waals surface area contributed by atoms with E-state index in [9.17, 15) is 14.7 Å². The van der Waals surface area contributed by atoms with E-state index in [1.807, 2.05) is 0 Å². The number of ether oxygens (including phenoxy) is 2. The molecule has 0 bridgehead atoms. The van der Waals surface area contributed by atoms with Gasteiger partial charge in [0, 0.05) is 12.8 Å². The first kappa shape index (κ1) is 36.6. The van der Waals surface area contributed by atoms with Gasteiger partial charge in [0.15, 0.2) is 6.10 Å². The molecule has 0 aromatic rings. The maximum atomic E-state index is 12.0. The number of carbonyl (C=O) groups is 2. The molecule has 1 atom stereocenters. The lowest BCUT2D eigenvalue weighted by Gasteiger charge is -2.15. The summed E-state index contributed by atoms with van der Waals surface area (Å²) in [5.41, 5.74) is 0.